The molecule has 0 radical (unpaired) electrons. The molecule has 0 N–H and O–H groups in total. The first kappa shape index (κ1) is 17.0. The van der Waals surface area contributed by atoms with Crippen LogP contribution in [0.3, 0.4) is 0 Å². The van der Waals surface area contributed by atoms with Gasteiger partial charge in [0.25, 0.3) is 0 Å². The van der Waals surface area contributed by atoms with Gasteiger partial charge in [0.05, 0.1) is 6.61 Å². The monoisotopic (exact) mass is 345 g/mol. The average Bonchev–Trinajstić information content (AvgIpc) is 2.46. The van der Waals surface area contributed by atoms with Crippen molar-refractivity contribution in [3.63, 3.8) is 0 Å². The highest BCUT2D eigenvalue weighted by atomic mass is 79.9. The summed E-state index contributed by atoms with van der Waals surface area (Å²) in [5.41, 5.74) is 1.18. The number of nitrogens with zero attached hydrogens (tertiary/aromatic N) is 1. The van der Waals surface area contributed by atoms with Gasteiger partial charge in [-0.05, 0) is 37.1 Å². The molecule has 4 heteroatoms. The highest BCUT2D eigenvalue weighted by molar-refractivity contribution is 9.09. The van der Waals surface area contributed by atoms with E-state index in [2.05, 4.69) is 27.0 Å². The molecule has 0 atom stereocenters. The third-order valence-electron chi connectivity index (χ3n) is 2.77. The van der Waals surface area contributed by atoms with Crippen molar-refractivity contribution in [3.05, 3.63) is 30.1 Å². The van der Waals surface area contributed by atoms with Gasteiger partial charge in [0, 0.05) is 29.6 Å². The molecule has 0 unspecified atom stereocenters. The van der Waals surface area contributed by atoms with Crippen LogP contribution >= 0.6 is 27.7 Å². The number of pyridine rings is 1. The summed E-state index contributed by atoms with van der Waals surface area (Å²) in [6, 6.07) is 6.10. The molecule has 0 spiro atoms. The van der Waals surface area contributed by atoms with E-state index in [4.69, 9.17) is 4.74 Å². The Morgan fingerprint density at radius 1 is 1.05 bits per heavy atom. The number of thioether (sulfide) groups is 1. The third-order valence-corrected chi connectivity index (χ3v) is 4.28. The molecule has 1 aromatic rings. The fourth-order valence-corrected chi connectivity index (χ4v) is 2.89. The number of aryl methyl sites for hydroxylation is 1. The normalized spacial score (nSPS) is 10.8. The fraction of sp³-hybridized carbons (Fsp3) is 0.667. The lowest BCUT2D eigenvalue weighted by atomic mass is 10.2. The van der Waals surface area contributed by atoms with Crippen LogP contribution in [0.1, 0.15) is 31.4 Å². The second-order valence-electron chi connectivity index (χ2n) is 4.40. The van der Waals surface area contributed by atoms with Gasteiger partial charge in [0.1, 0.15) is 0 Å². The molecule has 2 nitrogen and oxygen atoms in total. The summed E-state index contributed by atoms with van der Waals surface area (Å²) < 4.78 is 5.62. The van der Waals surface area contributed by atoms with Crippen molar-refractivity contribution in [1.29, 1.82) is 0 Å². The van der Waals surface area contributed by atoms with Crippen molar-refractivity contribution in [2.45, 2.75) is 32.1 Å². The summed E-state index contributed by atoms with van der Waals surface area (Å²) in [6.07, 6.45) is 8.00. The van der Waals surface area contributed by atoms with Gasteiger partial charge in [-0.2, -0.15) is 11.8 Å². The van der Waals surface area contributed by atoms with Crippen LogP contribution in [-0.4, -0.2) is 35.0 Å². The number of aromatic nitrogens is 1. The van der Waals surface area contributed by atoms with E-state index in [0.29, 0.717) is 0 Å². The highest BCUT2D eigenvalue weighted by Crippen LogP contribution is 2.05. The Morgan fingerprint density at radius 3 is 2.74 bits per heavy atom. The number of unbranched alkanes of at least 4 members (excludes halogenated alkanes) is 3. The van der Waals surface area contributed by atoms with Gasteiger partial charge in [0.2, 0.25) is 0 Å². The Morgan fingerprint density at radius 2 is 1.95 bits per heavy atom. The minimum atomic E-state index is 0.880. The van der Waals surface area contributed by atoms with Crippen LogP contribution in [0, 0.1) is 0 Å². The first-order valence-electron chi connectivity index (χ1n) is 7.05. The number of halogens is 1. The average molecular weight is 346 g/mol. The minimum Gasteiger partial charge on any atom is -0.381 e. The smallest absolute Gasteiger partial charge is 0.0556 e. The Balaban J connectivity index is 1.79. The maximum Gasteiger partial charge on any atom is 0.0556 e. The summed E-state index contributed by atoms with van der Waals surface area (Å²) in [6.45, 7) is 1.80. The molecule has 0 bridgehead atoms. The Kier molecular flexibility index (Phi) is 11.6. The number of ether oxygens (including phenoxy) is 1. The van der Waals surface area contributed by atoms with E-state index in [1.54, 1.807) is 0 Å². The maximum absolute atomic E-state index is 5.62. The van der Waals surface area contributed by atoms with E-state index in [1.165, 1.54) is 31.4 Å². The van der Waals surface area contributed by atoms with E-state index in [-0.39, 0.29) is 0 Å². The fourth-order valence-electron chi connectivity index (χ4n) is 1.70. The molecule has 0 fully saturated rings. The number of rotatable bonds is 12. The van der Waals surface area contributed by atoms with Crippen molar-refractivity contribution in [3.8, 4) is 0 Å². The van der Waals surface area contributed by atoms with Gasteiger partial charge >= 0.3 is 0 Å². The third kappa shape index (κ3) is 10.4. The predicted octanol–water partition coefficient (Wildman–Crippen LogP) is 4.33. The zero-order valence-electron chi connectivity index (χ0n) is 11.5. The summed E-state index contributed by atoms with van der Waals surface area (Å²) in [5.74, 6) is 2.22. The van der Waals surface area contributed by atoms with Crippen LogP contribution in [0.15, 0.2) is 24.4 Å². The zero-order valence-corrected chi connectivity index (χ0v) is 13.9. The van der Waals surface area contributed by atoms with Crippen molar-refractivity contribution >= 4 is 27.7 Å². The van der Waals surface area contributed by atoms with Gasteiger partial charge in [-0.25, -0.2) is 0 Å². The van der Waals surface area contributed by atoms with Crippen molar-refractivity contribution in [2.75, 3.05) is 30.0 Å². The number of hydrogen-bond acceptors (Lipinski definition) is 3. The number of hydrogen-bond donors (Lipinski definition) is 0. The summed E-state index contributed by atoms with van der Waals surface area (Å²) in [4.78, 5) is 4.31. The largest absolute Gasteiger partial charge is 0.381 e. The predicted molar refractivity (Wildman–Crippen MR) is 88.3 cm³/mol. The molecule has 0 amide bonds. The molecule has 0 aliphatic rings. The van der Waals surface area contributed by atoms with Gasteiger partial charge in [0.15, 0.2) is 0 Å². The summed E-state index contributed by atoms with van der Waals surface area (Å²) >= 11 is 5.39. The van der Waals surface area contributed by atoms with Gasteiger partial charge in [-0.15, -0.1) is 0 Å². The first-order valence-corrected chi connectivity index (χ1v) is 9.32. The van der Waals surface area contributed by atoms with Crippen molar-refractivity contribution in [1.82, 2.24) is 4.98 Å². The molecule has 19 heavy (non-hydrogen) atoms. The van der Waals surface area contributed by atoms with Crippen LogP contribution in [0.4, 0.5) is 0 Å². The topological polar surface area (TPSA) is 22.1 Å². The highest BCUT2D eigenvalue weighted by Gasteiger charge is 1.95. The molecular weight excluding hydrogens is 322 g/mol. The quantitative estimate of drug-likeness (QED) is 0.415. The van der Waals surface area contributed by atoms with Crippen LogP contribution in [-0.2, 0) is 11.2 Å². The van der Waals surface area contributed by atoms with E-state index >= 15 is 0 Å². The summed E-state index contributed by atoms with van der Waals surface area (Å²) in [7, 11) is 0. The van der Waals surface area contributed by atoms with Gasteiger partial charge in [-0.1, -0.05) is 34.8 Å². The van der Waals surface area contributed by atoms with Gasteiger partial charge in [-0.3, -0.25) is 4.98 Å². The van der Waals surface area contributed by atoms with E-state index < -0.39 is 0 Å². The molecule has 108 valence electrons. The molecule has 1 rings (SSSR count). The maximum atomic E-state index is 5.62. The Labute approximate surface area is 129 Å². The van der Waals surface area contributed by atoms with Crippen LogP contribution in [0.25, 0.3) is 0 Å². The molecule has 1 heterocycles. The molecule has 0 aliphatic heterocycles. The molecular formula is C15H24BrNOS. The van der Waals surface area contributed by atoms with E-state index in [1.807, 2.05) is 30.1 Å². The van der Waals surface area contributed by atoms with Crippen LogP contribution < -0.4 is 0 Å². The van der Waals surface area contributed by atoms with E-state index in [9.17, 15) is 0 Å². The first-order chi connectivity index (χ1) is 9.43. The lowest BCUT2D eigenvalue weighted by Gasteiger charge is -2.04. The Bertz CT molecular complexity index is 297. The standard InChI is InChI=1S/C15H24BrNOS/c16-9-4-1-2-6-11-18-12-14-19-13-8-15-7-3-5-10-17-15/h3,5,7,10H,1-2,4,6,8-9,11-14H2. The second-order valence-corrected chi connectivity index (χ2v) is 6.42. The second kappa shape index (κ2) is 12.9. The molecule has 0 aliphatic carbocycles. The SMILES string of the molecule is BrCCCCCCOCCSCCc1ccccn1. The minimum absolute atomic E-state index is 0.880. The molecule has 1 aromatic heterocycles. The van der Waals surface area contributed by atoms with Gasteiger partial charge < -0.3 is 4.74 Å². The van der Waals surface area contributed by atoms with E-state index in [0.717, 1.165) is 36.5 Å². The van der Waals surface area contributed by atoms with Crippen molar-refractivity contribution in [2.24, 2.45) is 0 Å². The van der Waals surface area contributed by atoms with Crippen LogP contribution in [0.2, 0.25) is 0 Å². The lowest BCUT2D eigenvalue weighted by Crippen LogP contribution is -2.01. The van der Waals surface area contributed by atoms with Crippen molar-refractivity contribution < 1.29 is 4.74 Å². The molecule has 0 saturated heterocycles. The zero-order chi connectivity index (χ0) is 13.6. The summed E-state index contributed by atoms with van der Waals surface area (Å²) in [5, 5.41) is 1.13. The van der Waals surface area contributed by atoms with Crippen LogP contribution in [0.5, 0.6) is 0 Å². The number of alkyl halides is 1. The molecule has 0 saturated carbocycles. The Hall–Kier alpha value is -0.0600. The molecule has 0 aromatic carbocycles. The lowest BCUT2D eigenvalue weighted by molar-refractivity contribution is 0.145.